The lowest BCUT2D eigenvalue weighted by Crippen LogP contribution is -2.47. The quantitative estimate of drug-likeness (QED) is 0.586. The van der Waals surface area contributed by atoms with Gasteiger partial charge < -0.3 is 25.1 Å². The number of urea groups is 1. The highest BCUT2D eigenvalue weighted by Crippen LogP contribution is 2.23. The maximum absolute atomic E-state index is 12.2. The Kier molecular flexibility index (Phi) is 3.72. The number of carbonyl (C=O) groups excluding carboxylic acids is 1. The lowest BCUT2D eigenvalue weighted by atomic mass is 10.1. The number of nitrogens with zero attached hydrogens (tertiary/aromatic N) is 2. The fourth-order valence-corrected chi connectivity index (χ4v) is 2.60. The molecule has 1 unspecified atom stereocenters. The lowest BCUT2D eigenvalue weighted by Gasteiger charge is -2.27. The number of likely N-dealkylation sites (tertiary alicyclic amines) is 2. The Bertz CT molecular complexity index is 348. The first kappa shape index (κ1) is 13.1. The Labute approximate surface area is 105 Å². The van der Waals surface area contributed by atoms with Crippen LogP contribution in [-0.4, -0.2) is 75.5 Å². The first-order valence-corrected chi connectivity index (χ1v) is 6.10. The molecular weight excluding hydrogens is 240 g/mol. The van der Waals surface area contributed by atoms with E-state index in [9.17, 15) is 14.7 Å². The molecule has 7 heteroatoms. The van der Waals surface area contributed by atoms with Crippen molar-refractivity contribution in [1.82, 2.24) is 9.80 Å². The molecule has 0 aromatic carbocycles. The van der Waals surface area contributed by atoms with Crippen LogP contribution in [0, 0.1) is 5.92 Å². The van der Waals surface area contributed by atoms with Crippen LogP contribution in [0.25, 0.3) is 0 Å². The van der Waals surface area contributed by atoms with Gasteiger partial charge in [0.15, 0.2) is 0 Å². The summed E-state index contributed by atoms with van der Waals surface area (Å²) in [5, 5.41) is 27.5. The van der Waals surface area contributed by atoms with Crippen LogP contribution >= 0.6 is 0 Å². The monoisotopic (exact) mass is 258 g/mol. The molecule has 0 radical (unpaired) electrons. The number of hydrogen-bond donors (Lipinski definition) is 3. The molecule has 2 amide bonds. The van der Waals surface area contributed by atoms with Gasteiger partial charge in [0.2, 0.25) is 0 Å². The van der Waals surface area contributed by atoms with E-state index in [4.69, 9.17) is 10.2 Å². The Morgan fingerprint density at radius 2 is 2.00 bits per heavy atom. The van der Waals surface area contributed by atoms with E-state index in [1.165, 1.54) is 4.90 Å². The molecule has 3 N–H and O–H groups in total. The molecule has 2 aliphatic heterocycles. The fourth-order valence-electron chi connectivity index (χ4n) is 2.60. The van der Waals surface area contributed by atoms with Crippen molar-refractivity contribution < 1.29 is 24.9 Å². The molecule has 0 aromatic rings. The Hall–Kier alpha value is -1.34. The average Bonchev–Trinajstić information content (AvgIpc) is 2.94. The minimum Gasteiger partial charge on any atom is -0.480 e. The Balaban J connectivity index is 2.02. The van der Waals surface area contributed by atoms with Crippen LogP contribution in [-0.2, 0) is 4.79 Å². The summed E-state index contributed by atoms with van der Waals surface area (Å²) >= 11 is 0. The molecule has 0 aliphatic carbocycles. The van der Waals surface area contributed by atoms with Gasteiger partial charge in [0, 0.05) is 38.6 Å². The third-order valence-electron chi connectivity index (χ3n) is 3.62. The average molecular weight is 258 g/mol. The molecule has 0 spiro atoms. The molecule has 2 saturated heterocycles. The highest BCUT2D eigenvalue weighted by Gasteiger charge is 2.41. The number of rotatable bonds is 2. The van der Waals surface area contributed by atoms with E-state index in [1.807, 2.05) is 0 Å². The first-order valence-electron chi connectivity index (χ1n) is 6.10. The molecule has 102 valence electrons. The van der Waals surface area contributed by atoms with E-state index >= 15 is 0 Å². The lowest BCUT2D eigenvalue weighted by molar-refractivity contribution is -0.141. The second-order valence-electron chi connectivity index (χ2n) is 4.96. The summed E-state index contributed by atoms with van der Waals surface area (Å²) in [6.07, 6.45) is 0.0422. The Morgan fingerprint density at radius 3 is 2.56 bits per heavy atom. The number of aliphatic hydroxyl groups excluding tert-OH is 2. The molecular formula is C11H18N2O5. The normalized spacial score (nSPS) is 32.0. The summed E-state index contributed by atoms with van der Waals surface area (Å²) in [5.41, 5.74) is 0. The summed E-state index contributed by atoms with van der Waals surface area (Å²) in [4.78, 5) is 26.0. The minimum atomic E-state index is -1.09. The number of β-amino-alcohol motifs (C(OH)–C–C–N with tert-alkyl or cyclic N) is 1. The summed E-state index contributed by atoms with van der Waals surface area (Å²) in [6.45, 7) is 1.09. The zero-order chi connectivity index (χ0) is 13.3. The summed E-state index contributed by atoms with van der Waals surface area (Å²) in [6, 6.07) is -1.30. The summed E-state index contributed by atoms with van der Waals surface area (Å²) < 4.78 is 0. The van der Waals surface area contributed by atoms with E-state index in [1.54, 1.807) is 4.90 Å². The first-order chi connectivity index (χ1) is 8.52. The number of aliphatic hydroxyl groups is 2. The molecule has 7 nitrogen and oxygen atoms in total. The van der Waals surface area contributed by atoms with Crippen LogP contribution in [0.4, 0.5) is 4.79 Å². The van der Waals surface area contributed by atoms with Crippen molar-refractivity contribution in [3.05, 3.63) is 0 Å². The van der Waals surface area contributed by atoms with Crippen molar-refractivity contribution >= 4 is 12.0 Å². The van der Waals surface area contributed by atoms with Crippen LogP contribution in [0.3, 0.4) is 0 Å². The molecule has 0 aromatic heterocycles. The third-order valence-corrected chi connectivity index (χ3v) is 3.62. The topological polar surface area (TPSA) is 101 Å². The van der Waals surface area contributed by atoms with Crippen molar-refractivity contribution in [3.63, 3.8) is 0 Å². The number of aliphatic carboxylic acids is 1. The van der Waals surface area contributed by atoms with Gasteiger partial charge in [-0.2, -0.15) is 0 Å². The van der Waals surface area contributed by atoms with Crippen LogP contribution < -0.4 is 0 Å². The van der Waals surface area contributed by atoms with Crippen LogP contribution in [0.5, 0.6) is 0 Å². The zero-order valence-corrected chi connectivity index (χ0v) is 10.0. The van der Waals surface area contributed by atoms with E-state index in [0.717, 1.165) is 6.42 Å². The van der Waals surface area contributed by atoms with Crippen molar-refractivity contribution in [2.45, 2.75) is 25.0 Å². The van der Waals surface area contributed by atoms with E-state index < -0.39 is 18.1 Å². The van der Waals surface area contributed by atoms with E-state index in [2.05, 4.69) is 0 Å². The molecule has 0 bridgehead atoms. The van der Waals surface area contributed by atoms with Crippen molar-refractivity contribution in [1.29, 1.82) is 0 Å². The van der Waals surface area contributed by atoms with Gasteiger partial charge in [-0.1, -0.05) is 0 Å². The third kappa shape index (κ3) is 2.41. The number of amides is 2. The summed E-state index contributed by atoms with van der Waals surface area (Å²) in [5.74, 6) is -1.01. The molecule has 2 aliphatic rings. The highest BCUT2D eigenvalue weighted by atomic mass is 16.4. The van der Waals surface area contributed by atoms with Crippen LogP contribution in [0.2, 0.25) is 0 Å². The van der Waals surface area contributed by atoms with Crippen molar-refractivity contribution in [2.75, 3.05) is 26.2 Å². The number of hydrogen-bond acceptors (Lipinski definition) is 4. The minimum absolute atomic E-state index is 0.0365. The molecule has 0 saturated carbocycles. The fraction of sp³-hybridized carbons (Fsp3) is 0.818. The van der Waals surface area contributed by atoms with Crippen LogP contribution in [0.1, 0.15) is 12.8 Å². The molecule has 2 heterocycles. The molecule has 18 heavy (non-hydrogen) atoms. The maximum atomic E-state index is 12.2. The molecule has 3 atom stereocenters. The SMILES string of the molecule is O=C(O)[C@@H]1C[C@@H](O)CN1C(=O)N1CCC(CO)C1. The number of carboxylic acids is 1. The van der Waals surface area contributed by atoms with Gasteiger partial charge in [0.25, 0.3) is 0 Å². The maximum Gasteiger partial charge on any atom is 0.326 e. The molecule has 2 rings (SSSR count). The highest BCUT2D eigenvalue weighted by molar-refractivity contribution is 5.83. The zero-order valence-electron chi connectivity index (χ0n) is 10.0. The Morgan fingerprint density at radius 1 is 1.28 bits per heavy atom. The summed E-state index contributed by atoms with van der Waals surface area (Å²) in [7, 11) is 0. The van der Waals surface area contributed by atoms with Gasteiger partial charge in [-0.25, -0.2) is 9.59 Å². The standard InChI is InChI=1S/C11H18N2O5/c14-6-7-1-2-12(4-7)11(18)13-5-8(15)3-9(13)10(16)17/h7-9,14-15H,1-6H2,(H,16,17)/t7?,8-,9+/m1/s1. The van der Waals surface area contributed by atoms with Gasteiger partial charge in [-0.3, -0.25) is 0 Å². The second kappa shape index (κ2) is 5.11. The number of carboxylic acid groups (broad SMARTS) is 1. The van der Waals surface area contributed by atoms with Crippen molar-refractivity contribution in [3.8, 4) is 0 Å². The van der Waals surface area contributed by atoms with E-state index in [0.29, 0.717) is 13.1 Å². The van der Waals surface area contributed by atoms with Gasteiger partial charge in [-0.05, 0) is 6.42 Å². The van der Waals surface area contributed by atoms with Gasteiger partial charge in [-0.15, -0.1) is 0 Å². The van der Waals surface area contributed by atoms with Gasteiger partial charge >= 0.3 is 12.0 Å². The largest absolute Gasteiger partial charge is 0.480 e. The predicted molar refractivity (Wildman–Crippen MR) is 60.9 cm³/mol. The number of carbonyl (C=O) groups is 2. The van der Waals surface area contributed by atoms with E-state index in [-0.39, 0.29) is 31.5 Å². The van der Waals surface area contributed by atoms with Crippen molar-refractivity contribution in [2.24, 2.45) is 5.92 Å². The second-order valence-corrected chi connectivity index (χ2v) is 4.96. The van der Waals surface area contributed by atoms with Gasteiger partial charge in [0.05, 0.1) is 6.10 Å². The molecule has 2 fully saturated rings. The predicted octanol–water partition coefficient (Wildman–Crippen LogP) is -1.06. The van der Waals surface area contributed by atoms with Crippen LogP contribution in [0.15, 0.2) is 0 Å². The smallest absolute Gasteiger partial charge is 0.326 e. The van der Waals surface area contributed by atoms with Gasteiger partial charge in [0.1, 0.15) is 6.04 Å².